The molecule has 6 aliphatic carbocycles. The van der Waals surface area contributed by atoms with Gasteiger partial charge in [-0.2, -0.15) is 0 Å². The van der Waals surface area contributed by atoms with Crippen LogP contribution >= 0.6 is 11.3 Å². The highest BCUT2D eigenvalue weighted by molar-refractivity contribution is 7.14. The van der Waals surface area contributed by atoms with Gasteiger partial charge >= 0.3 is 12.4 Å². The second-order valence-electron chi connectivity index (χ2n) is 17.3. The largest absolute Gasteiger partial charge is 0.573 e. The summed E-state index contributed by atoms with van der Waals surface area (Å²) in [6.45, 7) is 6.42. The van der Waals surface area contributed by atoms with Gasteiger partial charge in [0.1, 0.15) is 11.5 Å². The molecule has 3 saturated carbocycles. The van der Waals surface area contributed by atoms with Crippen LogP contribution in [-0.4, -0.2) is 58.6 Å². The molecule has 1 heterocycles. The molecule has 3 N–H and O–H groups in total. The lowest BCUT2D eigenvalue weighted by molar-refractivity contribution is -0.274. The summed E-state index contributed by atoms with van der Waals surface area (Å²) in [7, 11) is 1.55. The van der Waals surface area contributed by atoms with Gasteiger partial charge in [0.2, 0.25) is 0 Å². The summed E-state index contributed by atoms with van der Waals surface area (Å²) in [5.74, 6) is 0.248. The first-order chi connectivity index (χ1) is 26.4. The van der Waals surface area contributed by atoms with Crippen LogP contribution in [0.4, 0.5) is 23.7 Å². The van der Waals surface area contributed by atoms with Crippen LogP contribution in [0.25, 0.3) is 0 Å². The number of rotatable bonds is 9. The number of alkyl halides is 3. The second-order valence-corrected chi connectivity index (χ2v) is 18.5. The van der Waals surface area contributed by atoms with Crippen molar-refractivity contribution in [1.29, 1.82) is 0 Å². The number of halogens is 3. The third-order valence-electron chi connectivity index (χ3n) is 14.5. The Morgan fingerprint density at radius 1 is 0.911 bits per heavy atom. The summed E-state index contributed by atoms with van der Waals surface area (Å²) < 4.78 is 48.1. The summed E-state index contributed by atoms with van der Waals surface area (Å²) >= 11 is 1.49. The molecule has 2 aromatic carbocycles. The monoisotopic (exact) mass is 790 g/mol. The molecule has 9 rings (SSSR count). The Balaban J connectivity index is 1.15. The predicted molar refractivity (Wildman–Crippen MR) is 207 cm³/mol. The maximum atomic E-state index is 14.8. The quantitative estimate of drug-likeness (QED) is 0.147. The number of thiophene rings is 1. The van der Waals surface area contributed by atoms with Gasteiger partial charge in [-0.25, -0.2) is 4.79 Å². The average molecular weight is 791 g/mol. The SMILES string of the molecule is COc1ccc(NC(=O)N(Cc2ccc(OC(F)(F)F)cc2)CC2(O)CCC3C45C=CC6(C=C4C(=O)c4ccc(C)s4)CC(O)CCC6(C)C5CCC32C)cc1. The van der Waals surface area contributed by atoms with E-state index in [4.69, 9.17) is 4.74 Å². The third kappa shape index (κ3) is 6.09. The Bertz CT molecular complexity index is 2080. The molecule has 3 fully saturated rings. The van der Waals surface area contributed by atoms with Gasteiger partial charge in [-0.05, 0) is 123 Å². The molecule has 6 aliphatic rings. The Labute approximate surface area is 329 Å². The fourth-order valence-corrected chi connectivity index (χ4v) is 12.5. The predicted octanol–water partition coefficient (Wildman–Crippen LogP) is 9.47. The van der Waals surface area contributed by atoms with E-state index in [2.05, 4.69) is 42.1 Å². The van der Waals surface area contributed by atoms with Crippen LogP contribution in [0.3, 0.4) is 0 Å². The molecule has 2 amide bonds. The summed E-state index contributed by atoms with van der Waals surface area (Å²) in [6.07, 6.45) is 6.02. The number of hydrogen-bond donors (Lipinski definition) is 3. The summed E-state index contributed by atoms with van der Waals surface area (Å²) in [6, 6.07) is 15.7. The number of nitrogens with one attached hydrogen (secondary N) is 1. The highest BCUT2D eigenvalue weighted by Crippen LogP contribution is 2.78. The zero-order chi connectivity index (χ0) is 39.9. The molecule has 0 aliphatic heterocycles. The first kappa shape index (κ1) is 38.7. The Kier molecular flexibility index (Phi) is 9.32. The number of ketones is 1. The minimum Gasteiger partial charge on any atom is -0.497 e. The number of nitrogens with zero attached hydrogens (tertiary/aromatic N) is 1. The van der Waals surface area contributed by atoms with E-state index >= 15 is 0 Å². The van der Waals surface area contributed by atoms with E-state index in [-0.39, 0.29) is 41.9 Å². The minimum atomic E-state index is -4.84. The van der Waals surface area contributed by atoms with Crippen molar-refractivity contribution in [2.24, 2.45) is 33.5 Å². The maximum absolute atomic E-state index is 14.8. The standard InChI is InChI=1S/C44H49F3N2O6S/c1-27-5-14-34(56-27)37(51)33-24-41-21-22-43(33)35(39(41,2)18-15-30(50)23-41)16-19-40(3)36(43)17-20-42(40,53)26-49(38(52)48-29-8-12-31(54-4)13-9-29)25-28-6-10-32(11-7-28)55-44(45,46)47/h5-14,21-22,24,30,35-36,50,53H,15-20,23,25-26H2,1-4H3,(H,48,52). The van der Waals surface area contributed by atoms with E-state index in [1.807, 2.05) is 19.1 Å². The first-order valence-electron chi connectivity index (χ1n) is 19.4. The number of urea groups is 1. The first-order valence-corrected chi connectivity index (χ1v) is 20.3. The van der Waals surface area contributed by atoms with Gasteiger partial charge in [0.25, 0.3) is 0 Å². The number of ether oxygens (including phenoxy) is 2. The molecular weight excluding hydrogens is 742 g/mol. The topological polar surface area (TPSA) is 108 Å². The van der Waals surface area contributed by atoms with Gasteiger partial charge in [0, 0.05) is 38.9 Å². The number of aryl methyl sites for hydroxylation is 1. The number of allylic oxidation sites excluding steroid dienone is 4. The van der Waals surface area contributed by atoms with Crippen molar-refractivity contribution in [3.8, 4) is 11.5 Å². The number of carbonyl (C=O) groups is 2. The highest BCUT2D eigenvalue weighted by Gasteiger charge is 2.74. The van der Waals surface area contributed by atoms with Crippen LogP contribution in [-0.2, 0) is 6.54 Å². The molecule has 8 nitrogen and oxygen atoms in total. The van der Waals surface area contributed by atoms with E-state index in [0.29, 0.717) is 54.0 Å². The van der Waals surface area contributed by atoms with Gasteiger partial charge in [-0.1, -0.05) is 44.2 Å². The van der Waals surface area contributed by atoms with Crippen molar-refractivity contribution in [2.45, 2.75) is 90.3 Å². The number of aliphatic hydroxyl groups excluding tert-OH is 1. The van der Waals surface area contributed by atoms with Gasteiger partial charge in [0.05, 0.1) is 30.2 Å². The van der Waals surface area contributed by atoms with Crippen molar-refractivity contribution in [3.63, 3.8) is 0 Å². The molecule has 0 saturated heterocycles. The molecular formula is C44H49F3N2O6S. The number of hydrogen-bond acceptors (Lipinski definition) is 7. The van der Waals surface area contributed by atoms with E-state index < -0.39 is 40.3 Å². The third-order valence-corrected chi connectivity index (χ3v) is 15.5. The van der Waals surface area contributed by atoms with Crippen molar-refractivity contribution >= 4 is 28.8 Å². The van der Waals surface area contributed by atoms with Crippen molar-refractivity contribution in [3.05, 3.63) is 99.8 Å². The average Bonchev–Trinajstić information content (AvgIpc) is 3.71. The van der Waals surface area contributed by atoms with E-state index in [1.54, 1.807) is 31.4 Å². The molecule has 2 spiro atoms. The molecule has 8 unspecified atom stereocenters. The lowest BCUT2D eigenvalue weighted by Gasteiger charge is -2.71. The zero-order valence-electron chi connectivity index (χ0n) is 32.1. The fourth-order valence-electron chi connectivity index (χ4n) is 11.7. The highest BCUT2D eigenvalue weighted by atomic mass is 32.1. The van der Waals surface area contributed by atoms with Crippen LogP contribution < -0.4 is 14.8 Å². The molecule has 8 atom stereocenters. The number of Topliss-reactive ketones (excluding diaryl/α,β-unsaturated/α-hetero) is 1. The van der Waals surface area contributed by atoms with E-state index in [1.165, 1.54) is 40.5 Å². The van der Waals surface area contributed by atoms with Crippen molar-refractivity contribution in [2.75, 3.05) is 19.0 Å². The summed E-state index contributed by atoms with van der Waals surface area (Å²) in [4.78, 5) is 32.3. The van der Waals surface area contributed by atoms with Crippen molar-refractivity contribution in [1.82, 2.24) is 4.90 Å². The zero-order valence-corrected chi connectivity index (χ0v) is 32.9. The fraction of sp³-hybridized carbons (Fsp3) is 0.500. The molecule has 3 aromatic rings. The molecule has 0 radical (unpaired) electrons. The van der Waals surface area contributed by atoms with Gasteiger partial charge in [-0.3, -0.25) is 4.79 Å². The normalized spacial score (nSPS) is 34.2. The van der Waals surface area contributed by atoms with Gasteiger partial charge < -0.3 is 29.9 Å². The Hall–Kier alpha value is -4.13. The van der Waals surface area contributed by atoms with Gasteiger partial charge in [0.15, 0.2) is 5.78 Å². The maximum Gasteiger partial charge on any atom is 0.573 e. The number of benzene rings is 2. The smallest absolute Gasteiger partial charge is 0.497 e. The van der Waals surface area contributed by atoms with E-state index in [9.17, 15) is 33.0 Å². The van der Waals surface area contributed by atoms with Crippen LogP contribution in [0.15, 0.2) is 84.5 Å². The molecule has 298 valence electrons. The number of aliphatic hydroxyl groups is 2. The minimum absolute atomic E-state index is 0.00922. The van der Waals surface area contributed by atoms with Crippen molar-refractivity contribution < 1.29 is 42.4 Å². The number of amides is 2. The van der Waals surface area contributed by atoms with Crippen LogP contribution in [0, 0.1) is 40.4 Å². The molecule has 56 heavy (non-hydrogen) atoms. The van der Waals surface area contributed by atoms with Gasteiger partial charge in [-0.15, -0.1) is 24.5 Å². The number of anilines is 1. The number of fused-ring (bicyclic) bond motifs is 1. The second kappa shape index (κ2) is 13.5. The summed E-state index contributed by atoms with van der Waals surface area (Å²) in [5.41, 5.74) is -1.54. The van der Waals surface area contributed by atoms with Crippen LogP contribution in [0.1, 0.15) is 78.9 Å². The molecule has 2 bridgehead atoms. The number of methoxy groups -OCH3 is 1. The summed E-state index contributed by atoms with van der Waals surface area (Å²) in [5, 5.41) is 27.1. The number of carbonyl (C=O) groups excluding carboxylic acids is 2. The van der Waals surface area contributed by atoms with Crippen LogP contribution in [0.2, 0.25) is 0 Å². The Morgan fingerprint density at radius 3 is 2.23 bits per heavy atom. The molecule has 1 aromatic heterocycles. The van der Waals surface area contributed by atoms with Crippen LogP contribution in [0.5, 0.6) is 11.5 Å². The Morgan fingerprint density at radius 2 is 1.57 bits per heavy atom. The lowest BCUT2D eigenvalue weighted by Crippen LogP contribution is -2.67. The molecule has 12 heteroatoms. The lowest BCUT2D eigenvalue weighted by atomic mass is 9.32. The van der Waals surface area contributed by atoms with E-state index in [0.717, 1.165) is 23.3 Å².